The van der Waals surface area contributed by atoms with Crippen LogP contribution in [0.1, 0.15) is 49.5 Å². The van der Waals surface area contributed by atoms with Crippen LogP contribution in [0.4, 0.5) is 10.5 Å². The number of hydrogen-bond donors (Lipinski definition) is 2. The molecular weight excluding hydrogens is 448 g/mol. The average molecular weight is 475 g/mol. The van der Waals surface area contributed by atoms with Gasteiger partial charge in [-0.1, -0.05) is 41.9 Å². The molecule has 2 amide bonds. The van der Waals surface area contributed by atoms with Crippen LogP contribution < -0.4 is 10.6 Å². The van der Waals surface area contributed by atoms with E-state index < -0.39 is 29.6 Å². The van der Waals surface area contributed by atoms with Crippen molar-refractivity contribution in [1.82, 2.24) is 5.32 Å². The third-order valence-electron chi connectivity index (χ3n) is 4.39. The van der Waals surface area contributed by atoms with Crippen molar-refractivity contribution in [3.63, 3.8) is 0 Å². The molecule has 176 valence electrons. The van der Waals surface area contributed by atoms with Gasteiger partial charge in [0.1, 0.15) is 11.6 Å². The molecule has 1 unspecified atom stereocenters. The normalized spacial score (nSPS) is 11.8. The number of rotatable bonds is 8. The van der Waals surface area contributed by atoms with E-state index in [1.807, 2.05) is 0 Å². The Kier molecular flexibility index (Phi) is 8.99. The molecule has 8 nitrogen and oxygen atoms in total. The maximum atomic E-state index is 13.0. The quantitative estimate of drug-likeness (QED) is 0.434. The highest BCUT2D eigenvalue weighted by Gasteiger charge is 2.26. The van der Waals surface area contributed by atoms with Crippen LogP contribution >= 0.6 is 11.6 Å². The van der Waals surface area contributed by atoms with Gasteiger partial charge in [0.2, 0.25) is 5.91 Å². The molecular formula is C24H27ClN2O6. The Labute approximate surface area is 197 Å². The lowest BCUT2D eigenvalue weighted by molar-refractivity contribution is -0.140. The highest BCUT2D eigenvalue weighted by atomic mass is 35.5. The number of methoxy groups -OCH3 is 1. The number of amides is 2. The van der Waals surface area contributed by atoms with E-state index in [9.17, 15) is 19.2 Å². The second-order valence-electron chi connectivity index (χ2n) is 8.19. The summed E-state index contributed by atoms with van der Waals surface area (Å²) in [6, 6.07) is 11.9. The molecule has 0 fully saturated rings. The zero-order chi connectivity index (χ0) is 24.6. The Morgan fingerprint density at radius 3 is 2.30 bits per heavy atom. The summed E-state index contributed by atoms with van der Waals surface area (Å²) in [6.07, 6.45) is -0.960. The molecule has 0 aliphatic heterocycles. The van der Waals surface area contributed by atoms with Crippen LogP contribution in [0.2, 0.25) is 5.02 Å². The van der Waals surface area contributed by atoms with Crippen molar-refractivity contribution in [3.8, 4) is 0 Å². The summed E-state index contributed by atoms with van der Waals surface area (Å²) in [4.78, 5) is 49.9. The number of carbonyl (C=O) groups excluding carboxylic acids is 4. The summed E-state index contributed by atoms with van der Waals surface area (Å²) < 4.78 is 9.84. The van der Waals surface area contributed by atoms with Crippen LogP contribution in [0, 0.1) is 0 Å². The van der Waals surface area contributed by atoms with Crippen molar-refractivity contribution in [2.75, 3.05) is 12.4 Å². The molecule has 0 spiro atoms. The molecule has 0 aliphatic carbocycles. The largest absolute Gasteiger partial charge is 0.469 e. The molecule has 2 aromatic rings. The molecule has 33 heavy (non-hydrogen) atoms. The van der Waals surface area contributed by atoms with E-state index in [-0.39, 0.29) is 29.9 Å². The number of benzene rings is 2. The number of ketones is 1. The second kappa shape index (κ2) is 11.5. The van der Waals surface area contributed by atoms with E-state index in [0.717, 1.165) is 0 Å². The van der Waals surface area contributed by atoms with Gasteiger partial charge in [0.25, 0.3) is 0 Å². The van der Waals surface area contributed by atoms with Gasteiger partial charge in [0.05, 0.1) is 12.8 Å². The maximum Gasteiger partial charge on any atom is 0.408 e. The first-order valence-electron chi connectivity index (χ1n) is 10.3. The lowest BCUT2D eigenvalue weighted by Gasteiger charge is -2.23. The van der Waals surface area contributed by atoms with Gasteiger partial charge in [-0.15, -0.1) is 0 Å². The van der Waals surface area contributed by atoms with Crippen molar-refractivity contribution in [2.24, 2.45) is 0 Å². The summed E-state index contributed by atoms with van der Waals surface area (Å²) in [6.45, 7) is 5.06. The number of esters is 1. The van der Waals surface area contributed by atoms with Crippen LogP contribution in [0.3, 0.4) is 0 Å². The van der Waals surface area contributed by atoms with E-state index in [0.29, 0.717) is 10.6 Å². The number of carbonyl (C=O) groups is 4. The van der Waals surface area contributed by atoms with Gasteiger partial charge in [-0.25, -0.2) is 4.79 Å². The standard InChI is InChI=1S/C24H27ClN2O6/c1-24(2,3)33-23(31)27-19(12-13-20(28)32-4)22(30)26-18-11-10-16(25)14-17(18)21(29)15-8-6-5-7-9-15/h5-11,14,19H,12-13H2,1-4H3,(H,26,30)(H,27,31). The fourth-order valence-electron chi connectivity index (χ4n) is 2.86. The zero-order valence-corrected chi connectivity index (χ0v) is 19.7. The monoisotopic (exact) mass is 474 g/mol. The highest BCUT2D eigenvalue weighted by molar-refractivity contribution is 6.31. The minimum Gasteiger partial charge on any atom is -0.469 e. The number of halogens is 1. The molecule has 1 atom stereocenters. The summed E-state index contributed by atoms with van der Waals surface area (Å²) >= 11 is 6.09. The van der Waals surface area contributed by atoms with Gasteiger partial charge >= 0.3 is 12.1 Å². The molecule has 2 N–H and O–H groups in total. The molecule has 0 saturated heterocycles. The molecule has 2 rings (SSSR count). The summed E-state index contributed by atoms with van der Waals surface area (Å²) in [5.74, 6) is -1.50. The topological polar surface area (TPSA) is 111 Å². The number of ether oxygens (including phenoxy) is 2. The van der Waals surface area contributed by atoms with Crippen molar-refractivity contribution >= 4 is 41.0 Å². The maximum absolute atomic E-state index is 13.0. The highest BCUT2D eigenvalue weighted by Crippen LogP contribution is 2.24. The predicted molar refractivity (Wildman–Crippen MR) is 124 cm³/mol. The van der Waals surface area contributed by atoms with E-state index in [1.165, 1.54) is 25.3 Å². The van der Waals surface area contributed by atoms with Crippen molar-refractivity contribution < 1.29 is 28.7 Å². The SMILES string of the molecule is COC(=O)CCC(NC(=O)OC(C)(C)C)C(=O)Nc1ccc(Cl)cc1C(=O)c1ccccc1. The first kappa shape index (κ1) is 25.9. The number of alkyl carbamates (subject to hydrolysis) is 1. The Balaban J connectivity index is 2.27. The van der Waals surface area contributed by atoms with Crippen LogP contribution in [0.15, 0.2) is 48.5 Å². The van der Waals surface area contributed by atoms with Crippen molar-refractivity contribution in [1.29, 1.82) is 0 Å². The van der Waals surface area contributed by atoms with E-state index >= 15 is 0 Å². The van der Waals surface area contributed by atoms with Gasteiger partial charge < -0.3 is 20.1 Å². The Morgan fingerprint density at radius 1 is 1.03 bits per heavy atom. The summed E-state index contributed by atoms with van der Waals surface area (Å²) in [5, 5.41) is 5.45. The van der Waals surface area contributed by atoms with Gasteiger partial charge in [-0.2, -0.15) is 0 Å². The van der Waals surface area contributed by atoms with Crippen molar-refractivity contribution in [2.45, 2.75) is 45.3 Å². The summed E-state index contributed by atoms with van der Waals surface area (Å²) in [7, 11) is 1.23. The molecule has 9 heteroatoms. The smallest absolute Gasteiger partial charge is 0.408 e. The molecule has 0 radical (unpaired) electrons. The Morgan fingerprint density at radius 2 is 1.70 bits per heavy atom. The second-order valence-corrected chi connectivity index (χ2v) is 8.62. The lowest BCUT2D eigenvalue weighted by atomic mass is 10.0. The fraction of sp³-hybridized carbons (Fsp3) is 0.333. The molecule has 0 aliphatic rings. The molecule has 0 aromatic heterocycles. The lowest BCUT2D eigenvalue weighted by Crippen LogP contribution is -2.46. The third kappa shape index (κ3) is 8.23. The Hall–Kier alpha value is -3.39. The molecule has 0 saturated carbocycles. The summed E-state index contributed by atoms with van der Waals surface area (Å²) in [5.41, 5.74) is 0.0431. The minimum absolute atomic E-state index is 0.0344. The third-order valence-corrected chi connectivity index (χ3v) is 4.63. The van der Waals surface area contributed by atoms with Gasteiger partial charge in [-0.05, 0) is 45.4 Å². The predicted octanol–water partition coefficient (Wildman–Crippen LogP) is 4.36. The van der Waals surface area contributed by atoms with Crippen LogP contribution in [-0.2, 0) is 19.1 Å². The van der Waals surface area contributed by atoms with Gasteiger partial charge in [-0.3, -0.25) is 14.4 Å². The fourth-order valence-corrected chi connectivity index (χ4v) is 3.03. The number of anilines is 1. The van der Waals surface area contributed by atoms with Crippen LogP contribution in [0.25, 0.3) is 0 Å². The average Bonchev–Trinajstić information content (AvgIpc) is 2.76. The van der Waals surface area contributed by atoms with Gasteiger partial charge in [0, 0.05) is 22.6 Å². The first-order valence-corrected chi connectivity index (χ1v) is 10.6. The van der Waals surface area contributed by atoms with E-state index in [4.69, 9.17) is 16.3 Å². The molecule has 2 aromatic carbocycles. The number of nitrogens with one attached hydrogen (secondary N) is 2. The van der Waals surface area contributed by atoms with Gasteiger partial charge in [0.15, 0.2) is 5.78 Å². The van der Waals surface area contributed by atoms with Crippen LogP contribution in [-0.4, -0.2) is 42.5 Å². The molecule has 0 heterocycles. The zero-order valence-electron chi connectivity index (χ0n) is 18.9. The first-order chi connectivity index (χ1) is 15.5. The van der Waals surface area contributed by atoms with Crippen LogP contribution in [0.5, 0.6) is 0 Å². The number of hydrogen-bond acceptors (Lipinski definition) is 6. The van der Waals surface area contributed by atoms with E-state index in [1.54, 1.807) is 51.1 Å². The van der Waals surface area contributed by atoms with Crippen molar-refractivity contribution in [3.05, 3.63) is 64.7 Å². The molecule has 0 bridgehead atoms. The minimum atomic E-state index is -1.12. The Bertz CT molecular complexity index is 1020. The van der Waals surface area contributed by atoms with E-state index in [2.05, 4.69) is 15.4 Å².